The van der Waals surface area contributed by atoms with Crippen LogP contribution in [0.3, 0.4) is 0 Å². The van der Waals surface area contributed by atoms with Crippen molar-refractivity contribution in [3.63, 3.8) is 0 Å². The minimum absolute atomic E-state index is 0.300. The van der Waals surface area contributed by atoms with Gasteiger partial charge < -0.3 is 4.42 Å². The van der Waals surface area contributed by atoms with Crippen molar-refractivity contribution in [3.05, 3.63) is 47.6 Å². The highest BCUT2D eigenvalue weighted by Gasteiger charge is 2.08. The van der Waals surface area contributed by atoms with Crippen molar-refractivity contribution in [2.24, 2.45) is 0 Å². The van der Waals surface area contributed by atoms with E-state index in [1.54, 1.807) is 18.2 Å². The molecular weight excluding hydrogens is 243 g/mol. The zero-order valence-corrected chi connectivity index (χ0v) is 9.28. The molecule has 0 aliphatic carbocycles. The molecule has 0 saturated carbocycles. The second-order valence-electron chi connectivity index (χ2n) is 3.52. The van der Waals surface area contributed by atoms with E-state index in [9.17, 15) is 4.39 Å². The second kappa shape index (κ2) is 3.82. The van der Waals surface area contributed by atoms with Gasteiger partial charge in [0.25, 0.3) is 0 Å². The van der Waals surface area contributed by atoms with E-state index < -0.39 is 0 Å². The molecule has 3 rings (SSSR count). The monoisotopic (exact) mass is 248 g/mol. The fraction of sp³-hybridized carbons (Fsp3) is 0. The molecule has 0 fully saturated rings. The molecule has 0 bridgehead atoms. The highest BCUT2D eigenvalue weighted by atomic mass is 35.5. The van der Waals surface area contributed by atoms with Gasteiger partial charge >= 0.3 is 0 Å². The van der Waals surface area contributed by atoms with E-state index in [0.717, 1.165) is 0 Å². The lowest BCUT2D eigenvalue weighted by atomic mass is 10.2. The highest BCUT2D eigenvalue weighted by Crippen LogP contribution is 2.27. The Kier molecular flexibility index (Phi) is 2.30. The third-order valence-electron chi connectivity index (χ3n) is 2.36. The maximum atomic E-state index is 13.0. The van der Waals surface area contributed by atoms with Gasteiger partial charge in [0, 0.05) is 11.5 Å². The summed E-state index contributed by atoms with van der Waals surface area (Å²) in [5.41, 5.74) is 1.18. The molecule has 2 aromatic heterocycles. The number of halogens is 2. The van der Waals surface area contributed by atoms with Crippen LogP contribution in [-0.4, -0.2) is 9.97 Å². The first-order valence-electron chi connectivity index (χ1n) is 4.89. The van der Waals surface area contributed by atoms with Gasteiger partial charge in [0.05, 0.1) is 0 Å². The fourth-order valence-electron chi connectivity index (χ4n) is 1.61. The molecule has 2 heterocycles. The van der Waals surface area contributed by atoms with Gasteiger partial charge in [-0.05, 0) is 24.3 Å². The van der Waals surface area contributed by atoms with E-state index in [0.29, 0.717) is 27.6 Å². The molecule has 0 radical (unpaired) electrons. The average molecular weight is 249 g/mol. The molecule has 0 amide bonds. The summed E-state index contributed by atoms with van der Waals surface area (Å²) in [6, 6.07) is 7.65. The smallest absolute Gasteiger partial charge is 0.153 e. The van der Waals surface area contributed by atoms with Crippen molar-refractivity contribution in [1.82, 2.24) is 9.97 Å². The van der Waals surface area contributed by atoms with Crippen LogP contribution in [0.5, 0.6) is 0 Å². The van der Waals surface area contributed by atoms with E-state index in [2.05, 4.69) is 9.97 Å². The lowest BCUT2D eigenvalue weighted by Crippen LogP contribution is -1.82. The van der Waals surface area contributed by atoms with Crippen LogP contribution in [0.1, 0.15) is 0 Å². The summed E-state index contributed by atoms with van der Waals surface area (Å²) >= 11 is 5.77. The zero-order valence-electron chi connectivity index (χ0n) is 8.52. The maximum absolute atomic E-state index is 13.0. The van der Waals surface area contributed by atoms with Crippen molar-refractivity contribution < 1.29 is 8.81 Å². The van der Waals surface area contributed by atoms with Crippen molar-refractivity contribution in [1.29, 1.82) is 0 Å². The molecular formula is C12H6ClFN2O. The SMILES string of the molecule is Fc1ccc2oc(-c3cc(Cl)ncn3)cc2c1. The summed E-state index contributed by atoms with van der Waals surface area (Å²) in [6.07, 6.45) is 1.35. The molecule has 3 aromatic rings. The largest absolute Gasteiger partial charge is 0.454 e. The Morgan fingerprint density at radius 3 is 2.82 bits per heavy atom. The highest BCUT2D eigenvalue weighted by molar-refractivity contribution is 6.29. The summed E-state index contributed by atoms with van der Waals surface area (Å²) in [5.74, 6) is 0.237. The summed E-state index contributed by atoms with van der Waals surface area (Å²) in [5, 5.41) is 1.02. The number of nitrogens with zero attached hydrogens (tertiary/aromatic N) is 2. The number of benzene rings is 1. The molecule has 0 aliphatic rings. The van der Waals surface area contributed by atoms with Crippen LogP contribution in [0, 0.1) is 5.82 Å². The fourth-order valence-corrected chi connectivity index (χ4v) is 1.76. The molecule has 0 N–H and O–H groups in total. The number of fused-ring (bicyclic) bond motifs is 1. The van der Waals surface area contributed by atoms with E-state index in [4.69, 9.17) is 16.0 Å². The van der Waals surface area contributed by atoms with Crippen molar-refractivity contribution in [3.8, 4) is 11.5 Å². The standard InChI is InChI=1S/C12H6ClFN2O/c13-12-5-9(15-6-16-12)11-4-7-3-8(14)1-2-10(7)17-11/h1-6H. The van der Waals surface area contributed by atoms with E-state index in [1.165, 1.54) is 18.5 Å². The van der Waals surface area contributed by atoms with Gasteiger partial charge in [-0.15, -0.1) is 0 Å². The van der Waals surface area contributed by atoms with Crippen molar-refractivity contribution in [2.45, 2.75) is 0 Å². The van der Waals surface area contributed by atoms with Crippen LogP contribution in [0.15, 0.2) is 41.1 Å². The van der Waals surface area contributed by atoms with Crippen molar-refractivity contribution in [2.75, 3.05) is 0 Å². The van der Waals surface area contributed by atoms with Gasteiger partial charge in [-0.3, -0.25) is 0 Å². The van der Waals surface area contributed by atoms with E-state index in [-0.39, 0.29) is 5.82 Å². The predicted molar refractivity (Wildman–Crippen MR) is 62.2 cm³/mol. The van der Waals surface area contributed by atoms with Gasteiger partial charge in [0.2, 0.25) is 0 Å². The number of hydrogen-bond donors (Lipinski definition) is 0. The molecule has 3 nitrogen and oxygen atoms in total. The first-order chi connectivity index (χ1) is 8.22. The molecule has 0 unspecified atom stereocenters. The summed E-state index contributed by atoms with van der Waals surface area (Å²) in [4.78, 5) is 7.83. The lowest BCUT2D eigenvalue weighted by molar-refractivity contribution is 0.617. The minimum Gasteiger partial charge on any atom is -0.454 e. The number of furan rings is 1. The van der Waals surface area contributed by atoms with E-state index in [1.807, 2.05) is 0 Å². The molecule has 17 heavy (non-hydrogen) atoms. The topological polar surface area (TPSA) is 38.9 Å². The third-order valence-corrected chi connectivity index (χ3v) is 2.57. The number of rotatable bonds is 1. The Morgan fingerprint density at radius 2 is 2.00 bits per heavy atom. The Hall–Kier alpha value is -1.94. The van der Waals surface area contributed by atoms with Gasteiger partial charge in [-0.2, -0.15) is 0 Å². The van der Waals surface area contributed by atoms with Gasteiger partial charge in [0.15, 0.2) is 5.76 Å². The molecule has 1 aromatic carbocycles. The summed E-state index contributed by atoms with van der Waals surface area (Å²) < 4.78 is 18.6. The third kappa shape index (κ3) is 1.87. The molecule has 0 spiro atoms. The molecule has 5 heteroatoms. The normalized spacial score (nSPS) is 10.9. The summed E-state index contributed by atoms with van der Waals surface area (Å²) in [6.45, 7) is 0. The minimum atomic E-state index is -0.300. The zero-order chi connectivity index (χ0) is 11.8. The Bertz CT molecular complexity index is 696. The Balaban J connectivity index is 2.18. The van der Waals surface area contributed by atoms with Crippen LogP contribution in [0.25, 0.3) is 22.4 Å². The second-order valence-corrected chi connectivity index (χ2v) is 3.91. The number of aromatic nitrogens is 2. The lowest BCUT2D eigenvalue weighted by Gasteiger charge is -1.94. The first-order valence-corrected chi connectivity index (χ1v) is 5.27. The average Bonchev–Trinajstić information content (AvgIpc) is 2.72. The Morgan fingerprint density at radius 1 is 1.12 bits per heavy atom. The first kappa shape index (κ1) is 10.2. The Labute approximate surface area is 101 Å². The van der Waals surface area contributed by atoms with E-state index >= 15 is 0 Å². The van der Waals surface area contributed by atoms with Crippen molar-refractivity contribution >= 4 is 22.6 Å². The van der Waals surface area contributed by atoms with Gasteiger partial charge in [-0.1, -0.05) is 11.6 Å². The van der Waals surface area contributed by atoms with Crippen LogP contribution in [0.4, 0.5) is 4.39 Å². The molecule has 0 saturated heterocycles. The van der Waals surface area contributed by atoms with Gasteiger partial charge in [0.1, 0.15) is 28.6 Å². The molecule has 0 aliphatic heterocycles. The number of hydrogen-bond acceptors (Lipinski definition) is 3. The molecule has 0 atom stereocenters. The van der Waals surface area contributed by atoms with Crippen LogP contribution in [-0.2, 0) is 0 Å². The predicted octanol–water partition coefficient (Wildman–Crippen LogP) is 3.68. The van der Waals surface area contributed by atoms with Crippen LogP contribution in [0.2, 0.25) is 5.15 Å². The van der Waals surface area contributed by atoms with Crippen LogP contribution < -0.4 is 0 Å². The summed E-state index contributed by atoms with van der Waals surface area (Å²) in [7, 11) is 0. The van der Waals surface area contributed by atoms with Gasteiger partial charge in [-0.25, -0.2) is 14.4 Å². The quantitative estimate of drug-likeness (QED) is 0.617. The maximum Gasteiger partial charge on any atom is 0.153 e. The van der Waals surface area contributed by atoms with Crippen LogP contribution >= 0.6 is 11.6 Å². The molecule has 84 valence electrons.